The van der Waals surface area contributed by atoms with Crippen LogP contribution in [0.25, 0.3) is 0 Å². The number of fused-ring (bicyclic) bond motifs is 1. The Kier molecular flexibility index (Phi) is 5.83. The molecule has 9 heteroatoms. The largest absolute Gasteiger partial charge is 0.379 e. The van der Waals surface area contributed by atoms with Crippen LogP contribution >= 0.6 is 28.6 Å². The Morgan fingerprint density at radius 3 is 2.86 bits per heavy atom. The number of thiol groups is 1. The molecule has 1 aromatic carbocycles. The summed E-state index contributed by atoms with van der Waals surface area (Å²) in [4.78, 5) is 18.6. The van der Waals surface area contributed by atoms with Crippen LogP contribution in [-0.2, 0) is 9.53 Å². The summed E-state index contributed by atoms with van der Waals surface area (Å²) >= 11 is 7.83. The van der Waals surface area contributed by atoms with Crippen molar-refractivity contribution in [3.05, 3.63) is 45.2 Å². The van der Waals surface area contributed by atoms with Gasteiger partial charge in [0.15, 0.2) is 0 Å². The minimum absolute atomic E-state index is 0.0144. The molecule has 3 heterocycles. The highest BCUT2D eigenvalue weighted by molar-refractivity contribution is 9.10. The van der Waals surface area contributed by atoms with Crippen LogP contribution in [0.1, 0.15) is 30.7 Å². The fourth-order valence-corrected chi connectivity index (χ4v) is 5.19. The molecule has 0 aliphatic carbocycles. The van der Waals surface area contributed by atoms with Gasteiger partial charge in [0.1, 0.15) is 17.1 Å². The van der Waals surface area contributed by atoms with Crippen molar-refractivity contribution in [1.29, 1.82) is 0 Å². The van der Waals surface area contributed by atoms with Gasteiger partial charge in [-0.2, -0.15) is 0 Å². The van der Waals surface area contributed by atoms with E-state index in [0.29, 0.717) is 26.2 Å². The van der Waals surface area contributed by atoms with E-state index in [2.05, 4.69) is 28.6 Å². The average molecular weight is 488 g/mol. The van der Waals surface area contributed by atoms with E-state index in [1.165, 1.54) is 12.1 Å². The van der Waals surface area contributed by atoms with Gasteiger partial charge in [-0.25, -0.2) is 8.78 Å². The first-order chi connectivity index (χ1) is 13.8. The minimum Gasteiger partial charge on any atom is -0.379 e. The predicted molar refractivity (Wildman–Crippen MR) is 112 cm³/mol. The molecule has 0 spiro atoms. The minimum atomic E-state index is -0.556. The molecule has 3 aliphatic rings. The number of ether oxygens (including phenoxy) is 1. The van der Waals surface area contributed by atoms with Crippen molar-refractivity contribution in [3.8, 4) is 0 Å². The lowest BCUT2D eigenvalue weighted by atomic mass is 9.95. The summed E-state index contributed by atoms with van der Waals surface area (Å²) < 4.78 is 34.7. The second-order valence-electron chi connectivity index (χ2n) is 7.86. The first-order valence-corrected chi connectivity index (χ1v) is 11.0. The van der Waals surface area contributed by atoms with Gasteiger partial charge in [0, 0.05) is 50.1 Å². The zero-order chi connectivity index (χ0) is 20.9. The molecule has 0 bridgehead atoms. The number of hydrogen-bond acceptors (Lipinski definition) is 5. The lowest BCUT2D eigenvalue weighted by Gasteiger charge is -2.28. The molecule has 29 heavy (non-hydrogen) atoms. The molecule has 2 saturated heterocycles. The van der Waals surface area contributed by atoms with Crippen LogP contribution in [0.3, 0.4) is 0 Å². The van der Waals surface area contributed by atoms with Crippen LogP contribution in [-0.4, -0.2) is 66.0 Å². The number of carbonyl (C=O) groups excluding carboxylic acids is 1. The number of hydrogen-bond donors (Lipinski definition) is 1. The summed E-state index contributed by atoms with van der Waals surface area (Å²) in [6.07, 6.45) is 1.56. The second-order valence-corrected chi connectivity index (χ2v) is 9.18. The van der Waals surface area contributed by atoms with E-state index in [9.17, 15) is 13.6 Å². The SMILES string of the molecule is CN1C(CC(=O)N(C)[C@@H]2CCOC2)=C2C[C@@H](c3c(F)ccc(Br)c3F)CN2C1S. The molecule has 158 valence electrons. The quantitative estimate of drug-likeness (QED) is 0.520. The summed E-state index contributed by atoms with van der Waals surface area (Å²) in [7, 11) is 3.71. The van der Waals surface area contributed by atoms with E-state index in [1.54, 1.807) is 4.90 Å². The monoisotopic (exact) mass is 487 g/mol. The third kappa shape index (κ3) is 3.65. The van der Waals surface area contributed by atoms with Crippen molar-refractivity contribution in [3.63, 3.8) is 0 Å². The fraction of sp³-hybridized carbons (Fsp3) is 0.550. The fourth-order valence-electron chi connectivity index (χ4n) is 4.47. The number of allylic oxidation sites excluding steroid dienone is 1. The number of likely N-dealkylation sites (N-methyl/N-ethyl adjacent to an activating group) is 1. The van der Waals surface area contributed by atoms with Gasteiger partial charge in [0.25, 0.3) is 0 Å². The molecular weight excluding hydrogens is 464 g/mol. The summed E-state index contributed by atoms with van der Waals surface area (Å²) in [6, 6.07) is 2.77. The van der Waals surface area contributed by atoms with Crippen LogP contribution in [0.15, 0.2) is 28.0 Å². The highest BCUT2D eigenvalue weighted by atomic mass is 79.9. The summed E-state index contributed by atoms with van der Waals surface area (Å²) in [5, 5.41) is 0. The van der Waals surface area contributed by atoms with E-state index in [-0.39, 0.29) is 39.8 Å². The average Bonchev–Trinajstić information content (AvgIpc) is 3.41. The molecule has 1 amide bonds. The van der Waals surface area contributed by atoms with Crippen molar-refractivity contribution >= 4 is 34.5 Å². The van der Waals surface area contributed by atoms with Crippen LogP contribution < -0.4 is 0 Å². The molecule has 0 radical (unpaired) electrons. The first-order valence-electron chi connectivity index (χ1n) is 9.66. The highest BCUT2D eigenvalue weighted by Crippen LogP contribution is 2.46. The molecule has 4 rings (SSSR count). The van der Waals surface area contributed by atoms with Crippen LogP contribution in [0.2, 0.25) is 0 Å². The Hall–Kier alpha value is -1.32. The normalized spacial score (nSPS) is 26.5. The molecule has 1 unspecified atom stereocenters. The van der Waals surface area contributed by atoms with Crippen LogP contribution in [0.4, 0.5) is 8.78 Å². The Morgan fingerprint density at radius 2 is 2.17 bits per heavy atom. The third-order valence-corrected chi connectivity index (χ3v) is 7.48. The first kappa shape index (κ1) is 20.9. The van der Waals surface area contributed by atoms with Crippen molar-refractivity contribution in [2.24, 2.45) is 0 Å². The van der Waals surface area contributed by atoms with Gasteiger partial charge in [0.2, 0.25) is 5.91 Å². The molecule has 5 nitrogen and oxygen atoms in total. The second kappa shape index (κ2) is 8.07. The number of rotatable bonds is 4. The number of amides is 1. The van der Waals surface area contributed by atoms with Crippen molar-refractivity contribution < 1.29 is 18.3 Å². The van der Waals surface area contributed by atoms with Crippen LogP contribution in [0.5, 0.6) is 0 Å². The molecule has 2 fully saturated rings. The van der Waals surface area contributed by atoms with Gasteiger partial charge in [-0.3, -0.25) is 4.79 Å². The summed E-state index contributed by atoms with van der Waals surface area (Å²) in [5.74, 6) is -1.41. The number of benzene rings is 1. The van der Waals surface area contributed by atoms with Crippen molar-refractivity contribution in [1.82, 2.24) is 14.7 Å². The van der Waals surface area contributed by atoms with Gasteiger partial charge >= 0.3 is 0 Å². The molecular formula is C20H24BrF2N3O2S. The highest BCUT2D eigenvalue weighted by Gasteiger charge is 2.43. The predicted octanol–water partition coefficient (Wildman–Crippen LogP) is 3.52. The topological polar surface area (TPSA) is 36.0 Å². The molecule has 1 aromatic rings. The molecule has 0 N–H and O–H groups in total. The van der Waals surface area contributed by atoms with E-state index in [0.717, 1.165) is 17.8 Å². The lowest BCUT2D eigenvalue weighted by Crippen LogP contribution is -2.39. The Balaban J connectivity index is 1.58. The Bertz CT molecular complexity index is 862. The van der Waals surface area contributed by atoms with Crippen molar-refractivity contribution in [2.75, 3.05) is 33.9 Å². The number of halogens is 3. The molecule has 3 aliphatic heterocycles. The lowest BCUT2D eigenvalue weighted by molar-refractivity contribution is -0.131. The van der Waals surface area contributed by atoms with Gasteiger partial charge in [-0.15, -0.1) is 12.6 Å². The number of nitrogens with zero attached hydrogens (tertiary/aromatic N) is 3. The Labute approximate surface area is 183 Å². The zero-order valence-corrected chi connectivity index (χ0v) is 18.8. The van der Waals surface area contributed by atoms with Crippen LogP contribution in [0, 0.1) is 11.6 Å². The summed E-state index contributed by atoms with van der Waals surface area (Å²) in [5.41, 5.74) is 1.66. The maximum Gasteiger partial charge on any atom is 0.228 e. The maximum absolute atomic E-state index is 14.6. The Morgan fingerprint density at radius 1 is 1.41 bits per heavy atom. The molecule has 0 aromatic heterocycles. The van der Waals surface area contributed by atoms with Gasteiger partial charge in [0.05, 0.1) is 23.5 Å². The maximum atomic E-state index is 14.6. The zero-order valence-electron chi connectivity index (χ0n) is 16.4. The standard InChI is InChI=1S/C20H24BrF2N3O2S/c1-24(12-5-6-28-10-12)17(27)8-15-16-7-11(9-26(16)20(29)25(15)2)18-14(22)4-3-13(21)19(18)23/h3-4,11-12,20,29H,5-10H2,1-2H3/t11-,12-,20?/m1/s1. The van der Waals surface area contributed by atoms with E-state index < -0.39 is 11.6 Å². The van der Waals surface area contributed by atoms with Gasteiger partial charge in [-0.1, -0.05) is 0 Å². The molecule has 3 atom stereocenters. The number of carbonyl (C=O) groups is 1. The van der Waals surface area contributed by atoms with E-state index in [1.807, 2.05) is 23.9 Å². The molecule has 0 saturated carbocycles. The summed E-state index contributed by atoms with van der Waals surface area (Å²) in [6.45, 7) is 1.70. The third-order valence-electron chi connectivity index (χ3n) is 6.24. The van der Waals surface area contributed by atoms with E-state index in [4.69, 9.17) is 4.74 Å². The van der Waals surface area contributed by atoms with Gasteiger partial charge < -0.3 is 19.4 Å². The van der Waals surface area contributed by atoms with Gasteiger partial charge in [-0.05, 0) is 40.9 Å². The smallest absolute Gasteiger partial charge is 0.228 e. The van der Waals surface area contributed by atoms with Crippen molar-refractivity contribution in [2.45, 2.75) is 36.7 Å². The van der Waals surface area contributed by atoms with E-state index >= 15 is 0 Å².